The lowest BCUT2D eigenvalue weighted by Crippen LogP contribution is -2.14. The van der Waals surface area contributed by atoms with Crippen molar-refractivity contribution >= 4 is 15.9 Å². The van der Waals surface area contributed by atoms with Crippen LogP contribution in [0.4, 0.5) is 0 Å². The van der Waals surface area contributed by atoms with E-state index in [-0.39, 0.29) is 6.54 Å². The summed E-state index contributed by atoms with van der Waals surface area (Å²) in [4.78, 5) is 8.00. The van der Waals surface area contributed by atoms with E-state index in [1.807, 2.05) is 0 Å². The zero-order valence-electron chi connectivity index (χ0n) is 6.66. The molecule has 1 rings (SSSR count). The Hall–Kier alpha value is -0.520. The SMILES string of the molecule is Cc1ncc(Br)c(C(O)CN)n1. The summed E-state index contributed by atoms with van der Waals surface area (Å²) in [6.45, 7) is 1.92. The molecule has 3 N–H and O–H groups in total. The van der Waals surface area contributed by atoms with Gasteiger partial charge in [0.1, 0.15) is 11.9 Å². The molecule has 12 heavy (non-hydrogen) atoms. The Morgan fingerprint density at radius 2 is 2.42 bits per heavy atom. The van der Waals surface area contributed by atoms with Gasteiger partial charge >= 0.3 is 0 Å². The minimum absolute atomic E-state index is 0.162. The van der Waals surface area contributed by atoms with Gasteiger partial charge in [0.2, 0.25) is 0 Å². The molecule has 0 bridgehead atoms. The molecule has 0 fully saturated rings. The minimum Gasteiger partial charge on any atom is -0.385 e. The van der Waals surface area contributed by atoms with E-state index < -0.39 is 6.10 Å². The van der Waals surface area contributed by atoms with E-state index in [4.69, 9.17) is 5.73 Å². The summed E-state index contributed by atoms with van der Waals surface area (Å²) in [5.74, 6) is 0.626. The third-order valence-electron chi connectivity index (χ3n) is 1.43. The Morgan fingerprint density at radius 3 is 3.00 bits per heavy atom. The van der Waals surface area contributed by atoms with Gasteiger partial charge in [-0.05, 0) is 22.9 Å². The van der Waals surface area contributed by atoms with Crippen LogP contribution < -0.4 is 5.73 Å². The van der Waals surface area contributed by atoms with Crippen molar-refractivity contribution in [3.05, 3.63) is 22.2 Å². The number of hydrogen-bond acceptors (Lipinski definition) is 4. The molecule has 0 radical (unpaired) electrons. The number of aliphatic hydroxyl groups is 1. The van der Waals surface area contributed by atoms with E-state index in [0.29, 0.717) is 16.0 Å². The van der Waals surface area contributed by atoms with E-state index in [2.05, 4.69) is 25.9 Å². The molecule has 0 saturated heterocycles. The van der Waals surface area contributed by atoms with Gasteiger partial charge in [-0.2, -0.15) is 0 Å². The maximum atomic E-state index is 9.39. The minimum atomic E-state index is -0.721. The largest absolute Gasteiger partial charge is 0.385 e. The quantitative estimate of drug-likeness (QED) is 0.780. The first-order chi connectivity index (χ1) is 5.65. The summed E-state index contributed by atoms with van der Waals surface area (Å²) in [7, 11) is 0. The van der Waals surface area contributed by atoms with E-state index >= 15 is 0 Å². The molecule has 1 aromatic rings. The van der Waals surface area contributed by atoms with Crippen LogP contribution >= 0.6 is 15.9 Å². The summed E-state index contributed by atoms with van der Waals surface area (Å²) < 4.78 is 0.686. The van der Waals surface area contributed by atoms with Crippen LogP contribution in [-0.4, -0.2) is 21.6 Å². The van der Waals surface area contributed by atoms with Gasteiger partial charge in [-0.3, -0.25) is 0 Å². The second-order valence-electron chi connectivity index (χ2n) is 2.40. The second kappa shape index (κ2) is 3.93. The highest BCUT2D eigenvalue weighted by Gasteiger charge is 2.11. The number of halogens is 1. The Morgan fingerprint density at radius 1 is 1.75 bits per heavy atom. The molecule has 0 aliphatic carbocycles. The number of aromatic nitrogens is 2. The van der Waals surface area contributed by atoms with Gasteiger partial charge < -0.3 is 10.8 Å². The summed E-state index contributed by atoms with van der Waals surface area (Å²) in [5, 5.41) is 9.39. The Balaban J connectivity index is 3.04. The molecule has 0 spiro atoms. The predicted molar refractivity (Wildman–Crippen MR) is 48.5 cm³/mol. The number of hydrogen-bond donors (Lipinski definition) is 2. The van der Waals surface area contributed by atoms with Crippen molar-refractivity contribution in [3.8, 4) is 0 Å². The van der Waals surface area contributed by atoms with E-state index in [9.17, 15) is 5.11 Å². The standard InChI is InChI=1S/C7H10BrN3O/c1-4-10-3-5(8)7(11-4)6(12)2-9/h3,6,12H,2,9H2,1H3. The number of rotatable bonds is 2. The molecule has 0 aromatic carbocycles. The van der Waals surface area contributed by atoms with Gasteiger partial charge in [-0.15, -0.1) is 0 Å². The smallest absolute Gasteiger partial charge is 0.125 e. The van der Waals surface area contributed by atoms with Gasteiger partial charge in [0.25, 0.3) is 0 Å². The molecule has 1 aromatic heterocycles. The maximum absolute atomic E-state index is 9.39. The lowest BCUT2D eigenvalue weighted by atomic mass is 10.2. The first-order valence-corrected chi connectivity index (χ1v) is 4.31. The summed E-state index contributed by atoms with van der Waals surface area (Å²) >= 11 is 3.23. The van der Waals surface area contributed by atoms with Crippen molar-refractivity contribution in [2.75, 3.05) is 6.54 Å². The average molecular weight is 232 g/mol. The molecular formula is C7H10BrN3O. The highest BCUT2D eigenvalue weighted by Crippen LogP contribution is 2.19. The fraction of sp³-hybridized carbons (Fsp3) is 0.429. The van der Waals surface area contributed by atoms with E-state index in [1.165, 1.54) is 0 Å². The second-order valence-corrected chi connectivity index (χ2v) is 3.26. The van der Waals surface area contributed by atoms with Crippen molar-refractivity contribution in [1.82, 2.24) is 9.97 Å². The van der Waals surface area contributed by atoms with Crippen LogP contribution in [0.5, 0.6) is 0 Å². The van der Waals surface area contributed by atoms with Crippen LogP contribution in [0.25, 0.3) is 0 Å². The lowest BCUT2D eigenvalue weighted by molar-refractivity contribution is 0.180. The van der Waals surface area contributed by atoms with Crippen molar-refractivity contribution < 1.29 is 5.11 Å². The topological polar surface area (TPSA) is 72.0 Å². The van der Waals surface area contributed by atoms with Gasteiger partial charge in [0.05, 0.1) is 10.2 Å². The highest BCUT2D eigenvalue weighted by molar-refractivity contribution is 9.10. The third-order valence-corrected chi connectivity index (χ3v) is 2.04. The van der Waals surface area contributed by atoms with Crippen LogP contribution in [0.1, 0.15) is 17.6 Å². The zero-order chi connectivity index (χ0) is 9.14. The first kappa shape index (κ1) is 9.57. The summed E-state index contributed by atoms with van der Waals surface area (Å²) in [5.41, 5.74) is 5.84. The fourth-order valence-corrected chi connectivity index (χ4v) is 1.27. The number of nitrogens with zero attached hydrogens (tertiary/aromatic N) is 2. The molecule has 1 unspecified atom stereocenters. The van der Waals surface area contributed by atoms with Gasteiger partial charge in [-0.25, -0.2) is 9.97 Å². The fourth-order valence-electron chi connectivity index (χ4n) is 0.818. The molecule has 1 atom stereocenters. The molecule has 0 aliphatic rings. The normalized spacial score (nSPS) is 13.0. The van der Waals surface area contributed by atoms with Crippen molar-refractivity contribution in [3.63, 3.8) is 0 Å². The van der Waals surface area contributed by atoms with E-state index in [1.54, 1.807) is 13.1 Å². The summed E-state index contributed by atoms with van der Waals surface area (Å²) in [6, 6.07) is 0. The Bertz CT molecular complexity index is 279. The van der Waals surface area contributed by atoms with Gasteiger partial charge in [-0.1, -0.05) is 0 Å². The van der Waals surface area contributed by atoms with Crippen LogP contribution in [0.15, 0.2) is 10.7 Å². The maximum Gasteiger partial charge on any atom is 0.125 e. The Labute approximate surface area is 79.0 Å². The van der Waals surface area contributed by atoms with Crippen LogP contribution in [0.3, 0.4) is 0 Å². The number of aliphatic hydroxyl groups excluding tert-OH is 1. The third kappa shape index (κ3) is 2.00. The van der Waals surface area contributed by atoms with Crippen LogP contribution in [0.2, 0.25) is 0 Å². The Kier molecular flexibility index (Phi) is 3.13. The number of nitrogens with two attached hydrogens (primary N) is 1. The van der Waals surface area contributed by atoms with Gasteiger partial charge in [0, 0.05) is 12.7 Å². The molecule has 66 valence electrons. The van der Waals surface area contributed by atoms with E-state index in [0.717, 1.165) is 0 Å². The molecular weight excluding hydrogens is 222 g/mol. The average Bonchev–Trinajstić information content (AvgIpc) is 2.08. The monoisotopic (exact) mass is 231 g/mol. The highest BCUT2D eigenvalue weighted by atomic mass is 79.9. The van der Waals surface area contributed by atoms with Crippen molar-refractivity contribution in [2.24, 2.45) is 5.73 Å². The van der Waals surface area contributed by atoms with Gasteiger partial charge in [0.15, 0.2) is 0 Å². The molecule has 0 aliphatic heterocycles. The van der Waals surface area contributed by atoms with Crippen molar-refractivity contribution in [1.29, 1.82) is 0 Å². The van der Waals surface area contributed by atoms with Crippen LogP contribution in [-0.2, 0) is 0 Å². The zero-order valence-corrected chi connectivity index (χ0v) is 8.24. The molecule has 4 nitrogen and oxygen atoms in total. The predicted octanol–water partition coefficient (Wildman–Crippen LogP) is 0.540. The first-order valence-electron chi connectivity index (χ1n) is 3.52. The summed E-state index contributed by atoms with van der Waals surface area (Å²) in [6.07, 6.45) is 0.886. The molecule has 1 heterocycles. The molecule has 0 saturated carbocycles. The molecule has 0 amide bonds. The lowest BCUT2D eigenvalue weighted by Gasteiger charge is -2.08. The molecule has 5 heteroatoms. The van der Waals surface area contributed by atoms with Crippen molar-refractivity contribution in [2.45, 2.75) is 13.0 Å². The number of aryl methyl sites for hydroxylation is 1. The van der Waals surface area contributed by atoms with Crippen LogP contribution in [0, 0.1) is 6.92 Å².